The SMILES string of the molecule is Cc1ccc(N(Cc2ccccc2)c2nc(-c3ccccc3)c(Cc3ccccc3)s2)cc1. The first-order valence-electron chi connectivity index (χ1n) is 11.2. The number of thiazole rings is 1. The molecule has 0 amide bonds. The zero-order valence-corrected chi connectivity index (χ0v) is 19.5. The molecule has 0 spiro atoms. The van der Waals surface area contributed by atoms with Crippen molar-refractivity contribution in [3.05, 3.63) is 137 Å². The molecule has 5 rings (SSSR count). The van der Waals surface area contributed by atoms with Gasteiger partial charge >= 0.3 is 0 Å². The van der Waals surface area contributed by atoms with Gasteiger partial charge in [-0.2, -0.15) is 0 Å². The molecule has 162 valence electrons. The summed E-state index contributed by atoms with van der Waals surface area (Å²) in [6.45, 7) is 2.90. The van der Waals surface area contributed by atoms with Crippen LogP contribution in [0.25, 0.3) is 11.3 Å². The van der Waals surface area contributed by atoms with E-state index in [1.165, 1.54) is 21.6 Å². The van der Waals surface area contributed by atoms with Crippen molar-refractivity contribution in [2.45, 2.75) is 19.9 Å². The average Bonchev–Trinajstić information content (AvgIpc) is 3.28. The monoisotopic (exact) mass is 446 g/mol. The molecule has 0 N–H and O–H groups in total. The fourth-order valence-corrected chi connectivity index (χ4v) is 5.07. The highest BCUT2D eigenvalue weighted by molar-refractivity contribution is 7.16. The predicted molar refractivity (Wildman–Crippen MR) is 140 cm³/mol. The van der Waals surface area contributed by atoms with Gasteiger partial charge in [0.15, 0.2) is 5.13 Å². The molecule has 0 atom stereocenters. The number of aryl methyl sites for hydroxylation is 1. The Labute approximate surface area is 199 Å². The van der Waals surface area contributed by atoms with E-state index >= 15 is 0 Å². The molecule has 1 aromatic heterocycles. The van der Waals surface area contributed by atoms with Crippen molar-refractivity contribution in [3.63, 3.8) is 0 Å². The Morgan fingerprint density at radius 1 is 0.667 bits per heavy atom. The van der Waals surface area contributed by atoms with Crippen LogP contribution in [0.15, 0.2) is 115 Å². The average molecular weight is 447 g/mol. The molecule has 0 radical (unpaired) electrons. The Morgan fingerprint density at radius 2 is 1.24 bits per heavy atom. The van der Waals surface area contributed by atoms with Crippen LogP contribution in [-0.4, -0.2) is 4.98 Å². The van der Waals surface area contributed by atoms with Crippen molar-refractivity contribution in [3.8, 4) is 11.3 Å². The molecule has 3 heteroatoms. The lowest BCUT2D eigenvalue weighted by Gasteiger charge is -2.22. The van der Waals surface area contributed by atoms with E-state index in [-0.39, 0.29) is 0 Å². The van der Waals surface area contributed by atoms with Gasteiger partial charge in [-0.05, 0) is 30.2 Å². The van der Waals surface area contributed by atoms with E-state index in [0.717, 1.165) is 35.0 Å². The van der Waals surface area contributed by atoms with Crippen molar-refractivity contribution in [2.75, 3.05) is 4.90 Å². The van der Waals surface area contributed by atoms with Crippen LogP contribution in [-0.2, 0) is 13.0 Å². The third kappa shape index (κ3) is 5.05. The first-order valence-corrected chi connectivity index (χ1v) is 12.0. The van der Waals surface area contributed by atoms with E-state index in [1.807, 2.05) is 0 Å². The van der Waals surface area contributed by atoms with Gasteiger partial charge in [-0.1, -0.05) is 109 Å². The summed E-state index contributed by atoms with van der Waals surface area (Å²) < 4.78 is 0. The van der Waals surface area contributed by atoms with Crippen LogP contribution in [0.5, 0.6) is 0 Å². The van der Waals surface area contributed by atoms with Crippen LogP contribution in [0.3, 0.4) is 0 Å². The Hall–Kier alpha value is -3.69. The summed E-state index contributed by atoms with van der Waals surface area (Å²) in [6.07, 6.45) is 0.871. The van der Waals surface area contributed by atoms with Gasteiger partial charge in [-0.3, -0.25) is 0 Å². The smallest absolute Gasteiger partial charge is 0.190 e. The largest absolute Gasteiger partial charge is 0.313 e. The van der Waals surface area contributed by atoms with Crippen LogP contribution < -0.4 is 4.90 Å². The maximum Gasteiger partial charge on any atom is 0.190 e. The molecule has 0 aliphatic rings. The standard InChI is InChI=1S/C30H26N2S/c1-23-17-19-27(20-18-23)32(22-25-13-7-3-8-14-25)30-31-29(26-15-9-4-10-16-26)28(33-30)21-24-11-5-2-6-12-24/h2-20H,21-22H2,1H3. The first kappa shape index (κ1) is 21.2. The summed E-state index contributed by atoms with van der Waals surface area (Å²) in [5.41, 5.74) is 7.21. The Balaban J connectivity index is 1.60. The second kappa shape index (κ2) is 9.85. The lowest BCUT2D eigenvalue weighted by molar-refractivity contribution is 0.965. The molecule has 2 nitrogen and oxygen atoms in total. The van der Waals surface area contributed by atoms with Crippen molar-refractivity contribution < 1.29 is 0 Å². The predicted octanol–water partition coefficient (Wildman–Crippen LogP) is 8.05. The minimum Gasteiger partial charge on any atom is -0.313 e. The number of nitrogens with zero attached hydrogens (tertiary/aromatic N) is 2. The summed E-state index contributed by atoms with van der Waals surface area (Å²) >= 11 is 1.79. The molecule has 0 aliphatic carbocycles. The van der Waals surface area contributed by atoms with Gasteiger partial charge in [0.05, 0.1) is 12.2 Å². The normalized spacial score (nSPS) is 10.8. The summed E-state index contributed by atoms with van der Waals surface area (Å²) in [5.74, 6) is 0. The van der Waals surface area contributed by atoms with E-state index < -0.39 is 0 Å². The quantitative estimate of drug-likeness (QED) is 0.251. The molecular formula is C30H26N2S. The first-order chi connectivity index (χ1) is 16.3. The number of rotatable bonds is 7. The van der Waals surface area contributed by atoms with E-state index in [1.54, 1.807) is 11.3 Å². The van der Waals surface area contributed by atoms with Crippen LogP contribution in [0.1, 0.15) is 21.6 Å². The van der Waals surface area contributed by atoms with Crippen LogP contribution in [0.2, 0.25) is 0 Å². The van der Waals surface area contributed by atoms with E-state index in [2.05, 4.69) is 127 Å². The topological polar surface area (TPSA) is 16.1 Å². The summed E-state index contributed by atoms with van der Waals surface area (Å²) in [7, 11) is 0. The second-order valence-corrected chi connectivity index (χ2v) is 9.27. The number of aromatic nitrogens is 1. The van der Waals surface area contributed by atoms with E-state index in [0.29, 0.717) is 0 Å². The van der Waals surface area contributed by atoms with E-state index in [9.17, 15) is 0 Å². The van der Waals surface area contributed by atoms with Gasteiger partial charge in [0.25, 0.3) is 0 Å². The second-order valence-electron chi connectivity index (χ2n) is 8.20. The van der Waals surface area contributed by atoms with Gasteiger partial charge < -0.3 is 4.90 Å². The fraction of sp³-hybridized carbons (Fsp3) is 0.100. The summed E-state index contributed by atoms with van der Waals surface area (Å²) in [5, 5.41) is 1.02. The van der Waals surface area contributed by atoms with Gasteiger partial charge in [0, 0.05) is 22.5 Å². The van der Waals surface area contributed by atoms with Crippen molar-refractivity contribution >= 4 is 22.2 Å². The number of hydrogen-bond donors (Lipinski definition) is 0. The molecule has 33 heavy (non-hydrogen) atoms. The fourth-order valence-electron chi connectivity index (χ4n) is 3.94. The number of benzene rings is 4. The van der Waals surface area contributed by atoms with Crippen molar-refractivity contribution in [1.82, 2.24) is 4.98 Å². The summed E-state index contributed by atoms with van der Waals surface area (Å²) in [6, 6.07) is 40.5. The van der Waals surface area contributed by atoms with Crippen molar-refractivity contribution in [2.24, 2.45) is 0 Å². The molecule has 4 aromatic carbocycles. The van der Waals surface area contributed by atoms with Crippen LogP contribution >= 0.6 is 11.3 Å². The van der Waals surface area contributed by atoms with Gasteiger partial charge in [0.2, 0.25) is 0 Å². The third-order valence-corrected chi connectivity index (χ3v) is 6.78. The Morgan fingerprint density at radius 3 is 1.88 bits per heavy atom. The lowest BCUT2D eigenvalue weighted by Crippen LogP contribution is -2.16. The van der Waals surface area contributed by atoms with Crippen LogP contribution in [0.4, 0.5) is 10.8 Å². The molecule has 1 heterocycles. The molecule has 0 aliphatic heterocycles. The molecular weight excluding hydrogens is 420 g/mol. The highest BCUT2D eigenvalue weighted by Crippen LogP contribution is 2.38. The molecule has 0 unspecified atom stereocenters. The zero-order chi connectivity index (χ0) is 22.5. The molecule has 0 fully saturated rings. The molecule has 0 bridgehead atoms. The molecule has 5 aromatic rings. The van der Waals surface area contributed by atoms with Crippen molar-refractivity contribution in [1.29, 1.82) is 0 Å². The molecule has 0 saturated heterocycles. The number of hydrogen-bond acceptors (Lipinski definition) is 3. The minimum atomic E-state index is 0.774. The zero-order valence-electron chi connectivity index (χ0n) is 18.7. The third-order valence-electron chi connectivity index (χ3n) is 5.70. The maximum atomic E-state index is 5.22. The Kier molecular flexibility index (Phi) is 6.32. The van der Waals surface area contributed by atoms with E-state index in [4.69, 9.17) is 4.98 Å². The highest BCUT2D eigenvalue weighted by atomic mass is 32.1. The van der Waals surface area contributed by atoms with Gasteiger partial charge in [-0.15, -0.1) is 11.3 Å². The van der Waals surface area contributed by atoms with Crippen LogP contribution in [0, 0.1) is 6.92 Å². The number of anilines is 2. The lowest BCUT2D eigenvalue weighted by atomic mass is 10.1. The molecule has 0 saturated carbocycles. The maximum absolute atomic E-state index is 5.22. The van der Waals surface area contributed by atoms with Gasteiger partial charge in [0.1, 0.15) is 0 Å². The minimum absolute atomic E-state index is 0.774. The summed E-state index contributed by atoms with van der Waals surface area (Å²) in [4.78, 5) is 8.83. The highest BCUT2D eigenvalue weighted by Gasteiger charge is 2.19. The van der Waals surface area contributed by atoms with Gasteiger partial charge in [-0.25, -0.2) is 4.98 Å². The Bertz CT molecular complexity index is 1290.